The van der Waals surface area contributed by atoms with E-state index in [2.05, 4.69) is 41.3 Å². The van der Waals surface area contributed by atoms with E-state index in [0.717, 1.165) is 24.3 Å². The average molecular weight is 287 g/mol. The number of hydrogen-bond donors (Lipinski definition) is 1. The molecule has 0 spiro atoms. The topological polar surface area (TPSA) is 56.2 Å². The third-order valence-corrected chi connectivity index (χ3v) is 3.58. The van der Waals surface area contributed by atoms with Gasteiger partial charge in [-0.3, -0.25) is 0 Å². The van der Waals surface area contributed by atoms with Crippen LogP contribution in [0.4, 0.5) is 5.69 Å². The van der Waals surface area contributed by atoms with Gasteiger partial charge >= 0.3 is 0 Å². The predicted molar refractivity (Wildman–Crippen MR) is 81.0 cm³/mol. The zero-order valence-corrected chi connectivity index (χ0v) is 11.9. The summed E-state index contributed by atoms with van der Waals surface area (Å²) in [6.07, 6.45) is 3.41. The van der Waals surface area contributed by atoms with Gasteiger partial charge in [-0.15, -0.1) is 0 Å². The highest BCUT2D eigenvalue weighted by atomic mass is 35.5. The van der Waals surface area contributed by atoms with E-state index in [1.54, 1.807) is 16.8 Å². The maximum absolute atomic E-state index is 5.98. The first-order valence-electron chi connectivity index (χ1n) is 6.47. The molecule has 5 heteroatoms. The van der Waals surface area contributed by atoms with E-state index in [4.69, 9.17) is 17.3 Å². The third kappa shape index (κ3) is 2.60. The van der Waals surface area contributed by atoms with Gasteiger partial charge in [0.15, 0.2) is 11.5 Å². The first-order valence-corrected chi connectivity index (χ1v) is 6.85. The fourth-order valence-electron chi connectivity index (χ4n) is 2.08. The van der Waals surface area contributed by atoms with E-state index in [9.17, 15) is 0 Å². The Morgan fingerprint density at radius 3 is 2.70 bits per heavy atom. The lowest BCUT2D eigenvalue weighted by molar-refractivity contribution is 0.837. The molecule has 1 aromatic carbocycles. The van der Waals surface area contributed by atoms with Gasteiger partial charge in [0.05, 0.1) is 16.9 Å². The lowest BCUT2D eigenvalue weighted by Gasteiger charge is -1.99. The van der Waals surface area contributed by atoms with Crippen molar-refractivity contribution < 1.29 is 0 Å². The van der Waals surface area contributed by atoms with E-state index < -0.39 is 0 Å². The van der Waals surface area contributed by atoms with E-state index in [1.165, 1.54) is 11.1 Å². The Labute approximate surface area is 122 Å². The molecule has 0 saturated heterocycles. The quantitative estimate of drug-likeness (QED) is 0.805. The van der Waals surface area contributed by atoms with Crippen LogP contribution in [0.25, 0.3) is 5.65 Å². The van der Waals surface area contributed by atoms with Crippen molar-refractivity contribution in [2.75, 3.05) is 5.73 Å². The van der Waals surface area contributed by atoms with Gasteiger partial charge in [-0.2, -0.15) is 5.10 Å². The lowest BCUT2D eigenvalue weighted by Crippen LogP contribution is -1.95. The Balaban J connectivity index is 1.79. The molecular formula is C15H15ClN4. The largest absolute Gasteiger partial charge is 0.396 e. The molecule has 0 fully saturated rings. The van der Waals surface area contributed by atoms with Gasteiger partial charge in [0.2, 0.25) is 0 Å². The number of aryl methyl sites for hydroxylation is 3. The van der Waals surface area contributed by atoms with Crippen LogP contribution in [-0.2, 0) is 12.8 Å². The van der Waals surface area contributed by atoms with Crippen LogP contribution in [0.5, 0.6) is 0 Å². The van der Waals surface area contributed by atoms with Crippen molar-refractivity contribution in [2.24, 2.45) is 0 Å². The van der Waals surface area contributed by atoms with Crippen LogP contribution >= 0.6 is 11.6 Å². The van der Waals surface area contributed by atoms with E-state index in [0.29, 0.717) is 10.7 Å². The molecule has 3 aromatic rings. The van der Waals surface area contributed by atoms with E-state index in [1.807, 2.05) is 0 Å². The summed E-state index contributed by atoms with van der Waals surface area (Å²) in [6, 6.07) is 10.2. The van der Waals surface area contributed by atoms with Gasteiger partial charge in [0, 0.05) is 12.5 Å². The van der Waals surface area contributed by atoms with Crippen LogP contribution in [0.1, 0.15) is 17.0 Å². The molecule has 0 amide bonds. The normalized spacial score (nSPS) is 11.1. The summed E-state index contributed by atoms with van der Waals surface area (Å²) in [5.41, 5.74) is 9.54. The number of pyridine rings is 1. The predicted octanol–water partition coefficient (Wildman–Crippen LogP) is 3.06. The highest BCUT2D eigenvalue weighted by Gasteiger charge is 2.06. The minimum absolute atomic E-state index is 0.508. The molecule has 0 aliphatic carbocycles. The molecule has 0 aliphatic heterocycles. The number of fused-ring (bicyclic) bond motifs is 1. The number of nitrogens with zero attached hydrogens (tertiary/aromatic N) is 3. The Kier molecular flexibility index (Phi) is 3.32. The van der Waals surface area contributed by atoms with Crippen molar-refractivity contribution in [3.63, 3.8) is 0 Å². The molecule has 0 unspecified atom stereocenters. The second-order valence-corrected chi connectivity index (χ2v) is 5.30. The van der Waals surface area contributed by atoms with Crippen LogP contribution < -0.4 is 5.73 Å². The Hall–Kier alpha value is -2.07. The third-order valence-electron chi connectivity index (χ3n) is 3.25. The van der Waals surface area contributed by atoms with Crippen molar-refractivity contribution in [3.8, 4) is 0 Å². The average Bonchev–Trinajstić information content (AvgIpc) is 2.80. The molecule has 2 heterocycles. The Bertz CT molecular complexity index is 707. The van der Waals surface area contributed by atoms with E-state index in [-0.39, 0.29) is 0 Å². The molecular weight excluding hydrogens is 272 g/mol. The monoisotopic (exact) mass is 286 g/mol. The van der Waals surface area contributed by atoms with Gasteiger partial charge in [-0.25, -0.2) is 9.50 Å². The zero-order valence-electron chi connectivity index (χ0n) is 11.2. The number of aromatic nitrogens is 3. The van der Waals surface area contributed by atoms with Gasteiger partial charge in [0.1, 0.15) is 0 Å². The lowest BCUT2D eigenvalue weighted by atomic mass is 10.1. The van der Waals surface area contributed by atoms with Crippen LogP contribution in [-0.4, -0.2) is 14.6 Å². The maximum Gasteiger partial charge on any atom is 0.157 e. The molecule has 102 valence electrons. The van der Waals surface area contributed by atoms with Crippen molar-refractivity contribution in [3.05, 3.63) is 58.5 Å². The molecule has 0 bridgehead atoms. The summed E-state index contributed by atoms with van der Waals surface area (Å²) in [7, 11) is 0. The summed E-state index contributed by atoms with van der Waals surface area (Å²) in [4.78, 5) is 4.46. The number of rotatable bonds is 3. The van der Waals surface area contributed by atoms with Crippen LogP contribution in [0.15, 0.2) is 36.5 Å². The first-order chi connectivity index (χ1) is 9.61. The minimum atomic E-state index is 0.508. The molecule has 4 nitrogen and oxygen atoms in total. The number of nitrogens with two attached hydrogens (primary N) is 1. The molecule has 20 heavy (non-hydrogen) atoms. The fourth-order valence-corrected chi connectivity index (χ4v) is 2.23. The zero-order chi connectivity index (χ0) is 14.1. The molecule has 2 N–H and O–H groups in total. The van der Waals surface area contributed by atoms with Crippen molar-refractivity contribution in [2.45, 2.75) is 19.8 Å². The molecule has 0 radical (unpaired) electrons. The Morgan fingerprint density at radius 1 is 1.20 bits per heavy atom. The highest BCUT2D eigenvalue weighted by Crippen LogP contribution is 2.19. The number of benzene rings is 1. The van der Waals surface area contributed by atoms with Crippen molar-refractivity contribution >= 4 is 22.9 Å². The second kappa shape index (κ2) is 5.13. The van der Waals surface area contributed by atoms with Crippen molar-refractivity contribution in [1.29, 1.82) is 0 Å². The second-order valence-electron chi connectivity index (χ2n) is 4.89. The van der Waals surface area contributed by atoms with Gasteiger partial charge < -0.3 is 5.73 Å². The van der Waals surface area contributed by atoms with Gasteiger partial charge in [0.25, 0.3) is 0 Å². The SMILES string of the molecule is Cc1ccc(CCc2nc3cc(Cl)c(N)cn3n2)cc1. The Morgan fingerprint density at radius 2 is 1.95 bits per heavy atom. The fraction of sp³-hybridized carbons (Fsp3) is 0.200. The van der Waals surface area contributed by atoms with Crippen LogP contribution in [0, 0.1) is 6.92 Å². The number of nitrogen functional groups attached to an aromatic ring is 1. The highest BCUT2D eigenvalue weighted by molar-refractivity contribution is 6.33. The first kappa shape index (κ1) is 12.9. The number of hydrogen-bond acceptors (Lipinski definition) is 3. The summed E-state index contributed by atoms with van der Waals surface area (Å²) in [5, 5.41) is 4.92. The van der Waals surface area contributed by atoms with Crippen LogP contribution in [0.3, 0.4) is 0 Å². The molecule has 0 saturated carbocycles. The smallest absolute Gasteiger partial charge is 0.157 e. The molecule has 0 atom stereocenters. The molecule has 2 aromatic heterocycles. The summed E-state index contributed by atoms with van der Waals surface area (Å²) >= 11 is 5.98. The number of anilines is 1. The summed E-state index contributed by atoms with van der Waals surface area (Å²) in [5.74, 6) is 0.798. The molecule has 3 rings (SSSR count). The molecule has 0 aliphatic rings. The van der Waals surface area contributed by atoms with Gasteiger partial charge in [-0.1, -0.05) is 41.4 Å². The summed E-state index contributed by atoms with van der Waals surface area (Å²) in [6.45, 7) is 2.08. The van der Waals surface area contributed by atoms with E-state index >= 15 is 0 Å². The maximum atomic E-state index is 5.98. The summed E-state index contributed by atoms with van der Waals surface area (Å²) < 4.78 is 1.67. The number of halogens is 1. The minimum Gasteiger partial charge on any atom is -0.396 e. The van der Waals surface area contributed by atoms with Gasteiger partial charge in [-0.05, 0) is 18.9 Å². The van der Waals surface area contributed by atoms with Crippen molar-refractivity contribution in [1.82, 2.24) is 14.6 Å². The van der Waals surface area contributed by atoms with Crippen LogP contribution in [0.2, 0.25) is 5.02 Å². The standard InChI is InChI=1S/C15H15ClN4/c1-10-2-4-11(5-3-10)6-7-14-18-15-8-12(16)13(17)9-20(15)19-14/h2-5,8-9H,6-7,17H2,1H3.